The number of benzene rings is 2. The summed E-state index contributed by atoms with van der Waals surface area (Å²) in [5, 5.41) is 24.0. The first-order valence-corrected chi connectivity index (χ1v) is 11.8. The van der Waals surface area contributed by atoms with Crippen molar-refractivity contribution in [2.75, 3.05) is 31.1 Å². The summed E-state index contributed by atoms with van der Waals surface area (Å²) in [5.74, 6) is 0.928. The highest BCUT2D eigenvalue weighted by atomic mass is 16.6. The van der Waals surface area contributed by atoms with E-state index in [9.17, 15) is 10.1 Å². The molecular formula is C24H29N7O2. The average Bonchev–Trinajstić information content (AvgIpc) is 3.35. The molecular weight excluding hydrogens is 418 g/mol. The van der Waals surface area contributed by atoms with Crippen LogP contribution in [0.3, 0.4) is 0 Å². The zero-order valence-corrected chi connectivity index (χ0v) is 18.7. The topological polar surface area (TPSA) is 93.2 Å². The van der Waals surface area contributed by atoms with Gasteiger partial charge in [-0.3, -0.25) is 15.0 Å². The monoisotopic (exact) mass is 447 g/mol. The number of nitro benzene ring substituents is 1. The molecule has 0 bridgehead atoms. The van der Waals surface area contributed by atoms with E-state index in [2.05, 4.69) is 54.3 Å². The molecule has 33 heavy (non-hydrogen) atoms. The van der Waals surface area contributed by atoms with Crippen LogP contribution in [0.4, 0.5) is 11.4 Å². The molecule has 3 aromatic rings. The third-order valence-corrected chi connectivity index (χ3v) is 6.90. The van der Waals surface area contributed by atoms with E-state index in [4.69, 9.17) is 0 Å². The number of non-ortho nitro benzene ring substituents is 1. The maximum absolute atomic E-state index is 11.0. The maximum Gasteiger partial charge on any atom is 0.269 e. The second-order valence-corrected chi connectivity index (χ2v) is 8.88. The summed E-state index contributed by atoms with van der Waals surface area (Å²) < 4.78 is 2.08. The van der Waals surface area contributed by atoms with Crippen molar-refractivity contribution in [2.24, 2.45) is 0 Å². The van der Waals surface area contributed by atoms with Crippen molar-refractivity contribution in [1.82, 2.24) is 25.1 Å². The van der Waals surface area contributed by atoms with Crippen LogP contribution in [0.2, 0.25) is 0 Å². The lowest BCUT2D eigenvalue weighted by atomic mass is 9.95. The summed E-state index contributed by atoms with van der Waals surface area (Å²) in [6, 6.07) is 17.7. The van der Waals surface area contributed by atoms with E-state index in [-0.39, 0.29) is 16.7 Å². The zero-order chi connectivity index (χ0) is 22.6. The van der Waals surface area contributed by atoms with E-state index >= 15 is 0 Å². The van der Waals surface area contributed by atoms with Gasteiger partial charge in [0.05, 0.1) is 17.0 Å². The minimum absolute atomic E-state index is 0.00198. The predicted molar refractivity (Wildman–Crippen MR) is 125 cm³/mol. The molecule has 1 unspecified atom stereocenters. The van der Waals surface area contributed by atoms with E-state index < -0.39 is 0 Å². The maximum atomic E-state index is 11.0. The van der Waals surface area contributed by atoms with E-state index in [0.29, 0.717) is 6.04 Å². The average molecular weight is 448 g/mol. The summed E-state index contributed by atoms with van der Waals surface area (Å²) in [4.78, 5) is 15.3. The number of hydrogen-bond donors (Lipinski definition) is 0. The lowest BCUT2D eigenvalue weighted by Gasteiger charge is -2.40. The number of anilines is 1. The van der Waals surface area contributed by atoms with Gasteiger partial charge in [-0.25, -0.2) is 4.68 Å². The second-order valence-electron chi connectivity index (χ2n) is 8.88. The van der Waals surface area contributed by atoms with Crippen LogP contribution in [0.5, 0.6) is 0 Å². The minimum atomic E-state index is -0.358. The van der Waals surface area contributed by atoms with Crippen molar-refractivity contribution in [3.63, 3.8) is 0 Å². The van der Waals surface area contributed by atoms with Crippen molar-refractivity contribution in [3.8, 4) is 0 Å². The molecule has 1 aliphatic carbocycles. The molecule has 1 atom stereocenters. The molecule has 1 aliphatic heterocycles. The van der Waals surface area contributed by atoms with Crippen molar-refractivity contribution in [3.05, 3.63) is 76.1 Å². The van der Waals surface area contributed by atoms with E-state index in [1.54, 1.807) is 12.1 Å². The first kappa shape index (κ1) is 21.5. The third kappa shape index (κ3) is 4.59. The predicted octanol–water partition coefficient (Wildman–Crippen LogP) is 4.00. The Labute approximate surface area is 193 Å². The summed E-state index contributed by atoms with van der Waals surface area (Å²) >= 11 is 0. The fourth-order valence-electron chi connectivity index (χ4n) is 5.15. The van der Waals surface area contributed by atoms with Crippen molar-refractivity contribution < 1.29 is 4.92 Å². The SMILES string of the molecule is O=[N+]([O-])c1ccc(N2CCN(C(c3ccccc3)c3nnnn3C3CCCCC3)CC2)cc1. The molecule has 9 nitrogen and oxygen atoms in total. The van der Waals surface area contributed by atoms with Crippen LogP contribution in [0.15, 0.2) is 54.6 Å². The quantitative estimate of drug-likeness (QED) is 0.416. The summed E-state index contributed by atoms with van der Waals surface area (Å²) in [6.07, 6.45) is 6.02. The number of tetrazole rings is 1. The Kier molecular flexibility index (Phi) is 6.30. The van der Waals surface area contributed by atoms with Gasteiger partial charge in [-0.2, -0.15) is 0 Å². The highest BCUT2D eigenvalue weighted by molar-refractivity contribution is 5.51. The summed E-state index contributed by atoms with van der Waals surface area (Å²) in [6.45, 7) is 3.39. The van der Waals surface area contributed by atoms with Gasteiger partial charge in [0.15, 0.2) is 5.82 Å². The Morgan fingerprint density at radius 2 is 1.61 bits per heavy atom. The molecule has 2 fully saturated rings. The van der Waals surface area contributed by atoms with Gasteiger partial charge in [0.2, 0.25) is 0 Å². The first-order valence-electron chi connectivity index (χ1n) is 11.8. The van der Waals surface area contributed by atoms with Gasteiger partial charge < -0.3 is 4.90 Å². The largest absolute Gasteiger partial charge is 0.369 e. The van der Waals surface area contributed by atoms with Gasteiger partial charge in [0.25, 0.3) is 5.69 Å². The molecule has 0 spiro atoms. The molecule has 9 heteroatoms. The lowest BCUT2D eigenvalue weighted by molar-refractivity contribution is -0.384. The van der Waals surface area contributed by atoms with E-state index in [1.165, 1.54) is 24.8 Å². The Hall–Kier alpha value is -3.33. The van der Waals surface area contributed by atoms with Gasteiger partial charge in [-0.15, -0.1) is 5.10 Å². The highest BCUT2D eigenvalue weighted by Crippen LogP contribution is 2.34. The van der Waals surface area contributed by atoms with Crippen LogP contribution >= 0.6 is 0 Å². The van der Waals surface area contributed by atoms with Gasteiger partial charge in [-0.05, 0) is 41.0 Å². The zero-order valence-electron chi connectivity index (χ0n) is 18.7. The number of nitro groups is 1. The fourth-order valence-corrected chi connectivity index (χ4v) is 5.15. The van der Waals surface area contributed by atoms with Crippen molar-refractivity contribution >= 4 is 11.4 Å². The molecule has 5 rings (SSSR count). The molecule has 0 radical (unpaired) electrons. The number of piperazine rings is 1. The van der Waals surface area contributed by atoms with Crippen LogP contribution < -0.4 is 4.90 Å². The molecule has 0 N–H and O–H groups in total. The molecule has 1 saturated carbocycles. The summed E-state index contributed by atoms with van der Waals surface area (Å²) in [5.41, 5.74) is 2.34. The van der Waals surface area contributed by atoms with Crippen LogP contribution in [0, 0.1) is 10.1 Å². The fraction of sp³-hybridized carbons (Fsp3) is 0.458. The third-order valence-electron chi connectivity index (χ3n) is 6.90. The molecule has 1 aromatic heterocycles. The van der Waals surface area contributed by atoms with Gasteiger partial charge in [0.1, 0.15) is 0 Å². The molecule has 172 valence electrons. The lowest BCUT2D eigenvalue weighted by Crippen LogP contribution is -2.48. The molecule has 2 aromatic carbocycles. The second kappa shape index (κ2) is 9.66. The van der Waals surface area contributed by atoms with E-state index in [1.807, 2.05) is 18.2 Å². The first-order chi connectivity index (χ1) is 16.2. The number of aromatic nitrogens is 4. The standard InChI is InChI=1S/C24H29N7O2/c32-31(33)22-13-11-20(12-14-22)28-15-17-29(18-16-28)23(19-7-3-1-4-8-19)24-25-26-27-30(24)21-9-5-2-6-10-21/h1,3-4,7-8,11-14,21,23H,2,5-6,9-10,15-18H2. The molecule has 2 heterocycles. The highest BCUT2D eigenvalue weighted by Gasteiger charge is 2.32. The summed E-state index contributed by atoms with van der Waals surface area (Å²) in [7, 11) is 0. The van der Waals surface area contributed by atoms with E-state index in [0.717, 1.165) is 50.5 Å². The van der Waals surface area contributed by atoms with Gasteiger partial charge >= 0.3 is 0 Å². The number of nitrogens with zero attached hydrogens (tertiary/aromatic N) is 7. The van der Waals surface area contributed by atoms with Crippen LogP contribution in [0.1, 0.15) is 55.6 Å². The Morgan fingerprint density at radius 3 is 2.27 bits per heavy atom. The van der Waals surface area contributed by atoms with Crippen molar-refractivity contribution in [1.29, 1.82) is 0 Å². The van der Waals surface area contributed by atoms with Crippen molar-refractivity contribution in [2.45, 2.75) is 44.2 Å². The molecule has 1 saturated heterocycles. The van der Waals surface area contributed by atoms with Crippen LogP contribution in [-0.4, -0.2) is 56.2 Å². The normalized spacial score (nSPS) is 18.8. The number of hydrogen-bond acceptors (Lipinski definition) is 7. The van der Waals surface area contributed by atoms with Crippen LogP contribution in [0.25, 0.3) is 0 Å². The van der Waals surface area contributed by atoms with Gasteiger partial charge in [-0.1, -0.05) is 49.6 Å². The molecule has 0 amide bonds. The Bertz CT molecular complexity index is 1060. The Morgan fingerprint density at radius 1 is 0.909 bits per heavy atom. The minimum Gasteiger partial charge on any atom is -0.369 e. The molecule has 2 aliphatic rings. The number of rotatable bonds is 6. The van der Waals surface area contributed by atoms with Crippen LogP contribution in [-0.2, 0) is 0 Å². The Balaban J connectivity index is 1.37. The smallest absolute Gasteiger partial charge is 0.269 e. The van der Waals surface area contributed by atoms with Gasteiger partial charge in [0, 0.05) is 44.0 Å².